The maximum absolute atomic E-state index is 12.0. The van der Waals surface area contributed by atoms with Crippen molar-refractivity contribution in [1.29, 1.82) is 0 Å². The Labute approximate surface area is 108 Å². The van der Waals surface area contributed by atoms with Crippen LogP contribution in [-0.4, -0.2) is 61.0 Å². The summed E-state index contributed by atoms with van der Waals surface area (Å²) in [6, 6.07) is 0. The van der Waals surface area contributed by atoms with Crippen molar-refractivity contribution < 1.29 is 17.9 Å². The fourth-order valence-corrected chi connectivity index (χ4v) is 2.65. The van der Waals surface area contributed by atoms with Crippen molar-refractivity contribution in [3.8, 4) is 0 Å². The minimum absolute atomic E-state index is 0.291. The molecule has 18 heavy (non-hydrogen) atoms. The summed E-state index contributed by atoms with van der Waals surface area (Å²) in [6.07, 6.45) is -0.0304. The molecule has 0 bridgehead atoms. The summed E-state index contributed by atoms with van der Waals surface area (Å²) >= 11 is 0. The van der Waals surface area contributed by atoms with Gasteiger partial charge in [0.25, 0.3) is 10.2 Å². The van der Waals surface area contributed by atoms with E-state index in [0.29, 0.717) is 19.5 Å². The first-order valence-electron chi connectivity index (χ1n) is 5.76. The van der Waals surface area contributed by atoms with Crippen molar-refractivity contribution >= 4 is 16.3 Å². The van der Waals surface area contributed by atoms with Gasteiger partial charge in [-0.1, -0.05) is 4.41 Å². The number of rotatable bonds is 2. The Morgan fingerprint density at radius 2 is 1.78 bits per heavy atom. The molecule has 0 atom stereocenters. The fourth-order valence-electron chi connectivity index (χ4n) is 1.51. The van der Waals surface area contributed by atoms with Crippen molar-refractivity contribution in [2.24, 2.45) is 0 Å². The van der Waals surface area contributed by atoms with Gasteiger partial charge in [-0.15, -0.1) is 0 Å². The second kappa shape index (κ2) is 5.02. The highest BCUT2D eigenvalue weighted by molar-refractivity contribution is 7.86. The molecule has 1 amide bonds. The van der Waals surface area contributed by atoms with Gasteiger partial charge < -0.3 is 4.74 Å². The molecule has 106 valence electrons. The molecule has 1 heterocycles. The van der Waals surface area contributed by atoms with Crippen LogP contribution in [0.25, 0.3) is 0 Å². The molecule has 0 saturated carbocycles. The van der Waals surface area contributed by atoms with Crippen LogP contribution in [-0.2, 0) is 14.9 Å². The average molecular weight is 279 g/mol. The fraction of sp³-hybridized carbons (Fsp3) is 0.900. The quantitative estimate of drug-likeness (QED) is 0.744. The van der Waals surface area contributed by atoms with Crippen LogP contribution in [0.4, 0.5) is 4.79 Å². The van der Waals surface area contributed by atoms with Gasteiger partial charge in [0, 0.05) is 27.2 Å². The van der Waals surface area contributed by atoms with Gasteiger partial charge in [-0.3, -0.25) is 0 Å². The highest BCUT2D eigenvalue weighted by Crippen LogP contribution is 2.20. The summed E-state index contributed by atoms with van der Waals surface area (Å²) in [5, 5.41) is 1.14. The van der Waals surface area contributed by atoms with Crippen LogP contribution in [0.3, 0.4) is 0 Å². The highest BCUT2D eigenvalue weighted by atomic mass is 32.2. The van der Waals surface area contributed by atoms with Crippen LogP contribution in [0.5, 0.6) is 0 Å². The van der Waals surface area contributed by atoms with Crippen LogP contribution in [0.15, 0.2) is 0 Å². The smallest absolute Gasteiger partial charge is 0.425 e. The van der Waals surface area contributed by atoms with E-state index >= 15 is 0 Å². The number of carbonyl (C=O) groups is 1. The molecule has 0 aromatic heterocycles. The predicted octanol–water partition coefficient (Wildman–Crippen LogP) is 0.651. The molecule has 1 fully saturated rings. The van der Waals surface area contributed by atoms with E-state index < -0.39 is 21.9 Å². The van der Waals surface area contributed by atoms with Gasteiger partial charge in [0.1, 0.15) is 5.60 Å². The van der Waals surface area contributed by atoms with Gasteiger partial charge in [-0.25, -0.2) is 9.80 Å². The molecule has 0 radical (unpaired) electrons. The van der Waals surface area contributed by atoms with Crippen LogP contribution >= 0.6 is 0 Å². The molecule has 0 aromatic rings. The van der Waals surface area contributed by atoms with Crippen LogP contribution in [0.2, 0.25) is 0 Å². The summed E-state index contributed by atoms with van der Waals surface area (Å²) < 4.78 is 31.4. The van der Waals surface area contributed by atoms with Crippen molar-refractivity contribution in [2.75, 3.05) is 27.2 Å². The molecule has 8 heteroatoms. The normalized spacial score (nSPS) is 18.4. The second-order valence-electron chi connectivity index (χ2n) is 5.29. The zero-order chi connectivity index (χ0) is 14.1. The molecule has 1 aliphatic heterocycles. The van der Waals surface area contributed by atoms with Crippen molar-refractivity contribution in [2.45, 2.75) is 32.8 Å². The Bertz CT molecular complexity index is 413. The van der Waals surface area contributed by atoms with Crippen molar-refractivity contribution in [1.82, 2.24) is 13.7 Å². The largest absolute Gasteiger partial charge is 0.443 e. The van der Waals surface area contributed by atoms with Crippen LogP contribution < -0.4 is 0 Å². The lowest BCUT2D eigenvalue weighted by atomic mass is 10.2. The first-order chi connectivity index (χ1) is 8.05. The van der Waals surface area contributed by atoms with Crippen molar-refractivity contribution in [3.63, 3.8) is 0 Å². The van der Waals surface area contributed by atoms with E-state index in [1.807, 2.05) is 0 Å². The van der Waals surface area contributed by atoms with Gasteiger partial charge in [0.15, 0.2) is 0 Å². The second-order valence-corrected chi connectivity index (χ2v) is 7.34. The minimum Gasteiger partial charge on any atom is -0.443 e. The van der Waals surface area contributed by atoms with E-state index in [1.54, 1.807) is 20.8 Å². The van der Waals surface area contributed by atoms with Gasteiger partial charge in [0.05, 0.1) is 0 Å². The Hall–Kier alpha value is -0.860. The number of hydrazine groups is 1. The molecular weight excluding hydrogens is 258 g/mol. The molecular formula is C10H21N3O4S. The third-order valence-electron chi connectivity index (χ3n) is 2.32. The number of carbonyl (C=O) groups excluding carboxylic acids is 1. The van der Waals surface area contributed by atoms with E-state index in [0.717, 1.165) is 13.7 Å². The average Bonchev–Trinajstić information content (AvgIpc) is 2.62. The SMILES string of the molecule is CN(C)S(=O)(=O)N1CCCN1C(=O)OC(C)(C)C. The van der Waals surface area contributed by atoms with E-state index in [2.05, 4.69) is 0 Å². The number of hydrogen-bond acceptors (Lipinski definition) is 4. The Kier molecular flexibility index (Phi) is 4.24. The molecule has 0 N–H and O–H groups in total. The maximum atomic E-state index is 12.0. The summed E-state index contributed by atoms with van der Waals surface area (Å²) in [7, 11) is -0.772. The highest BCUT2D eigenvalue weighted by Gasteiger charge is 2.39. The van der Waals surface area contributed by atoms with E-state index in [9.17, 15) is 13.2 Å². The Balaban J connectivity index is 2.87. The Morgan fingerprint density at radius 3 is 2.22 bits per heavy atom. The lowest BCUT2D eigenvalue weighted by molar-refractivity contribution is -0.000629. The zero-order valence-corrected chi connectivity index (χ0v) is 12.3. The van der Waals surface area contributed by atoms with E-state index in [1.165, 1.54) is 14.1 Å². The number of ether oxygens (including phenoxy) is 1. The molecule has 0 aromatic carbocycles. The van der Waals surface area contributed by atoms with E-state index in [-0.39, 0.29) is 0 Å². The molecule has 0 spiro atoms. The van der Waals surface area contributed by atoms with Gasteiger partial charge in [-0.2, -0.15) is 12.7 Å². The number of amides is 1. The molecule has 0 aliphatic carbocycles. The molecule has 1 rings (SSSR count). The first kappa shape index (κ1) is 15.2. The van der Waals surface area contributed by atoms with Crippen LogP contribution in [0, 0.1) is 0 Å². The first-order valence-corrected chi connectivity index (χ1v) is 7.16. The van der Waals surface area contributed by atoms with E-state index in [4.69, 9.17) is 4.74 Å². The maximum Gasteiger partial charge on any atom is 0.425 e. The molecule has 1 aliphatic rings. The van der Waals surface area contributed by atoms with Gasteiger partial charge in [-0.05, 0) is 27.2 Å². The predicted molar refractivity (Wildman–Crippen MR) is 66.9 cm³/mol. The lowest BCUT2D eigenvalue weighted by Gasteiger charge is -2.31. The van der Waals surface area contributed by atoms with Gasteiger partial charge >= 0.3 is 6.09 Å². The monoisotopic (exact) mass is 279 g/mol. The zero-order valence-electron chi connectivity index (χ0n) is 11.5. The van der Waals surface area contributed by atoms with Gasteiger partial charge in [0.2, 0.25) is 0 Å². The molecule has 1 saturated heterocycles. The minimum atomic E-state index is -3.63. The summed E-state index contributed by atoms with van der Waals surface area (Å²) in [6.45, 7) is 5.87. The summed E-state index contributed by atoms with van der Waals surface area (Å²) in [4.78, 5) is 11.9. The number of nitrogens with zero attached hydrogens (tertiary/aromatic N) is 3. The third-order valence-corrected chi connectivity index (χ3v) is 4.16. The van der Waals surface area contributed by atoms with Crippen molar-refractivity contribution in [3.05, 3.63) is 0 Å². The number of hydrogen-bond donors (Lipinski definition) is 0. The lowest BCUT2D eigenvalue weighted by Crippen LogP contribution is -2.50. The standard InChI is InChI=1S/C10H21N3O4S/c1-10(2,3)17-9(14)12-7-6-8-13(12)18(15,16)11(4)5/h6-8H2,1-5H3. The topological polar surface area (TPSA) is 70.2 Å². The summed E-state index contributed by atoms with van der Waals surface area (Å²) in [5.41, 5.74) is -0.646. The Morgan fingerprint density at radius 1 is 1.22 bits per heavy atom. The molecule has 7 nitrogen and oxygen atoms in total. The third kappa shape index (κ3) is 3.33. The summed E-state index contributed by atoms with van der Waals surface area (Å²) in [5.74, 6) is 0. The molecule has 0 unspecified atom stereocenters. The van der Waals surface area contributed by atoms with Crippen LogP contribution in [0.1, 0.15) is 27.2 Å².